The highest BCUT2D eigenvalue weighted by Gasteiger charge is 2.37. The summed E-state index contributed by atoms with van der Waals surface area (Å²) in [5.41, 5.74) is 1.26. The predicted octanol–water partition coefficient (Wildman–Crippen LogP) is 4.95. The minimum Gasteiger partial charge on any atom is -0.362 e. The molecule has 0 heterocycles. The molecule has 0 bridgehead atoms. The van der Waals surface area contributed by atoms with Crippen LogP contribution in [0.2, 0.25) is 0 Å². The van der Waals surface area contributed by atoms with Crippen molar-refractivity contribution in [3.05, 3.63) is 72.3 Å². The summed E-state index contributed by atoms with van der Waals surface area (Å²) in [5.74, 6) is 0.507. The zero-order valence-electron chi connectivity index (χ0n) is 16.4. The number of hydrogen-bond donors (Lipinski definition) is 0. The molecule has 2 aromatic carbocycles. The van der Waals surface area contributed by atoms with Gasteiger partial charge in [0, 0.05) is 54.0 Å². The first-order valence-corrected chi connectivity index (χ1v) is 12.5. The Bertz CT molecular complexity index is 777. The van der Waals surface area contributed by atoms with E-state index >= 15 is 0 Å². The molecular weight excluding hydrogens is 405 g/mol. The van der Waals surface area contributed by atoms with Gasteiger partial charge in [-0.15, -0.1) is 0 Å². The van der Waals surface area contributed by atoms with E-state index in [1.54, 1.807) is 0 Å². The average Bonchev–Trinajstić information content (AvgIpc) is 2.75. The number of benzene rings is 2. The van der Waals surface area contributed by atoms with Crippen LogP contribution in [0.5, 0.6) is 0 Å². The highest BCUT2D eigenvalue weighted by Crippen LogP contribution is 2.46. The van der Waals surface area contributed by atoms with Gasteiger partial charge in [0.15, 0.2) is 0 Å². The lowest BCUT2D eigenvalue weighted by molar-refractivity contribution is 0.0546. The minimum atomic E-state index is -2.77. The fourth-order valence-electron chi connectivity index (χ4n) is 4.13. The second kappa shape index (κ2) is 9.80. The molecule has 0 spiro atoms. The van der Waals surface area contributed by atoms with Crippen LogP contribution in [-0.4, -0.2) is 18.4 Å². The van der Waals surface area contributed by atoms with E-state index in [2.05, 4.69) is 38.9 Å². The van der Waals surface area contributed by atoms with Crippen LogP contribution in [0.15, 0.2) is 72.3 Å². The fraction of sp³-hybridized carbons (Fsp3) is 0.364. The summed E-state index contributed by atoms with van der Waals surface area (Å²) in [6.45, 7) is 4.37. The van der Waals surface area contributed by atoms with Crippen LogP contribution < -0.4 is 10.6 Å². The van der Waals surface area contributed by atoms with Crippen LogP contribution in [0.1, 0.15) is 20.3 Å². The Kier molecular flexibility index (Phi) is 7.66. The zero-order valence-corrected chi connectivity index (χ0v) is 19.6. The molecule has 1 aliphatic carbocycles. The van der Waals surface area contributed by atoms with E-state index in [1.165, 1.54) is 5.57 Å². The highest BCUT2D eigenvalue weighted by molar-refractivity contribution is 7.78. The molecule has 2 aromatic rings. The van der Waals surface area contributed by atoms with E-state index in [1.807, 2.05) is 60.7 Å². The van der Waals surface area contributed by atoms with Crippen molar-refractivity contribution in [2.24, 2.45) is 11.8 Å². The van der Waals surface area contributed by atoms with Crippen LogP contribution in [0.25, 0.3) is 0 Å². The largest absolute Gasteiger partial charge is 0.362 e. The standard InChI is InChI=1S/C22H29O3P3/c1-16-20(17(2)22(25-27)15-21(16)24-26)13-14-28(23,18-9-5-3-6-10-18)19-11-7-4-8-12-19/h3-13,16-17,21-22H,14-15,26-27H2,1-2H3/t16?,17?,21-,22-/m0/s1. The second-order valence-electron chi connectivity index (χ2n) is 7.46. The van der Waals surface area contributed by atoms with Crippen molar-refractivity contribution in [1.82, 2.24) is 0 Å². The molecule has 0 aromatic heterocycles. The quantitative estimate of drug-likeness (QED) is 0.477. The Morgan fingerprint density at radius 2 is 1.32 bits per heavy atom. The third-order valence-corrected chi connectivity index (χ3v) is 9.57. The minimum absolute atomic E-state index is 0.0748. The third kappa shape index (κ3) is 4.51. The molecule has 0 saturated heterocycles. The van der Waals surface area contributed by atoms with Crippen LogP contribution in [0.3, 0.4) is 0 Å². The second-order valence-corrected chi connectivity index (χ2v) is 10.9. The SMILES string of the molecule is CC1C(=CCP(=O)(c2ccccc2)c2ccccc2)C(C)[C@@H](OP)C[C@@H]1OP. The maximum absolute atomic E-state index is 14.3. The lowest BCUT2D eigenvalue weighted by Gasteiger charge is -2.39. The molecule has 3 nitrogen and oxygen atoms in total. The van der Waals surface area contributed by atoms with Crippen LogP contribution in [0, 0.1) is 11.8 Å². The Morgan fingerprint density at radius 1 is 0.893 bits per heavy atom. The summed E-state index contributed by atoms with van der Waals surface area (Å²) in [7, 11) is 2.01. The maximum atomic E-state index is 14.3. The van der Waals surface area contributed by atoms with Gasteiger partial charge in [0.2, 0.25) is 0 Å². The summed E-state index contributed by atoms with van der Waals surface area (Å²) < 4.78 is 25.5. The van der Waals surface area contributed by atoms with Gasteiger partial charge < -0.3 is 13.6 Å². The molecular formula is C22H29O3P3. The van der Waals surface area contributed by atoms with Gasteiger partial charge >= 0.3 is 0 Å². The molecule has 1 aliphatic rings. The fourth-order valence-corrected chi connectivity index (χ4v) is 7.32. The molecule has 0 amide bonds. The van der Waals surface area contributed by atoms with Crippen molar-refractivity contribution in [3.63, 3.8) is 0 Å². The van der Waals surface area contributed by atoms with E-state index in [4.69, 9.17) is 9.05 Å². The summed E-state index contributed by atoms with van der Waals surface area (Å²) in [5, 5.41) is 1.79. The van der Waals surface area contributed by atoms with Crippen molar-refractivity contribution in [2.45, 2.75) is 32.5 Å². The van der Waals surface area contributed by atoms with Gasteiger partial charge in [0.1, 0.15) is 7.14 Å². The first-order chi connectivity index (χ1) is 13.5. The molecule has 0 N–H and O–H groups in total. The molecule has 1 fully saturated rings. The average molecular weight is 434 g/mol. The molecule has 150 valence electrons. The van der Waals surface area contributed by atoms with E-state index in [-0.39, 0.29) is 24.0 Å². The predicted molar refractivity (Wildman–Crippen MR) is 125 cm³/mol. The Labute approximate surface area is 173 Å². The monoisotopic (exact) mass is 434 g/mol. The van der Waals surface area contributed by atoms with Gasteiger partial charge in [-0.05, 0) is 0 Å². The van der Waals surface area contributed by atoms with E-state index in [9.17, 15) is 4.57 Å². The van der Waals surface area contributed by atoms with E-state index in [0.717, 1.165) is 17.0 Å². The van der Waals surface area contributed by atoms with Crippen LogP contribution in [-0.2, 0) is 13.6 Å². The Hall–Kier alpha value is -0.810. The van der Waals surface area contributed by atoms with Crippen LogP contribution >= 0.6 is 26.1 Å². The van der Waals surface area contributed by atoms with Gasteiger partial charge in [0.25, 0.3) is 0 Å². The molecule has 0 radical (unpaired) electrons. The summed E-state index contributed by atoms with van der Waals surface area (Å²) in [4.78, 5) is 0. The first kappa shape index (κ1) is 21.9. The normalized spacial score (nSPS) is 25.5. The van der Waals surface area contributed by atoms with E-state index < -0.39 is 7.14 Å². The Balaban J connectivity index is 2.00. The zero-order chi connectivity index (χ0) is 20.1. The molecule has 1 saturated carbocycles. The summed E-state index contributed by atoms with van der Waals surface area (Å²) in [6.07, 6.45) is 3.68. The van der Waals surface area contributed by atoms with Gasteiger partial charge in [-0.25, -0.2) is 0 Å². The topological polar surface area (TPSA) is 35.5 Å². The van der Waals surface area contributed by atoms with Crippen molar-refractivity contribution in [1.29, 1.82) is 0 Å². The van der Waals surface area contributed by atoms with Gasteiger partial charge in [-0.3, -0.25) is 0 Å². The van der Waals surface area contributed by atoms with Crippen molar-refractivity contribution in [3.8, 4) is 0 Å². The first-order valence-electron chi connectivity index (χ1n) is 9.62. The molecule has 3 rings (SSSR count). The van der Waals surface area contributed by atoms with Gasteiger partial charge in [-0.2, -0.15) is 0 Å². The lowest BCUT2D eigenvalue weighted by Crippen LogP contribution is -2.39. The number of rotatable bonds is 6. The maximum Gasteiger partial charge on any atom is 0.146 e. The van der Waals surface area contributed by atoms with E-state index in [0.29, 0.717) is 6.16 Å². The third-order valence-electron chi connectivity index (χ3n) is 5.91. The smallest absolute Gasteiger partial charge is 0.146 e. The van der Waals surface area contributed by atoms with Crippen molar-refractivity contribution >= 4 is 36.7 Å². The number of allylic oxidation sites excluding steroid dienone is 1. The molecule has 6 heteroatoms. The van der Waals surface area contributed by atoms with Crippen molar-refractivity contribution < 1.29 is 13.6 Å². The summed E-state index contributed by atoms with van der Waals surface area (Å²) >= 11 is 0. The lowest BCUT2D eigenvalue weighted by atomic mass is 9.75. The summed E-state index contributed by atoms with van der Waals surface area (Å²) in [6, 6.07) is 19.7. The van der Waals surface area contributed by atoms with Gasteiger partial charge in [0.05, 0.1) is 12.2 Å². The highest BCUT2D eigenvalue weighted by atomic mass is 31.2. The molecule has 6 atom stereocenters. The van der Waals surface area contributed by atoms with Crippen LogP contribution in [0.4, 0.5) is 0 Å². The van der Waals surface area contributed by atoms with Gasteiger partial charge in [-0.1, -0.05) is 86.2 Å². The molecule has 28 heavy (non-hydrogen) atoms. The Morgan fingerprint density at radius 3 is 1.71 bits per heavy atom. The molecule has 4 unspecified atom stereocenters. The molecule has 0 aliphatic heterocycles. The number of hydrogen-bond acceptors (Lipinski definition) is 3. The van der Waals surface area contributed by atoms with Crippen molar-refractivity contribution in [2.75, 3.05) is 6.16 Å².